The van der Waals surface area contributed by atoms with Crippen molar-refractivity contribution in [3.8, 4) is 0 Å². The second-order valence-corrected chi connectivity index (χ2v) is 9.17. The van der Waals surface area contributed by atoms with Crippen LogP contribution in [0.25, 0.3) is 10.9 Å². The Bertz CT molecular complexity index is 1250. The molecule has 0 saturated carbocycles. The van der Waals surface area contributed by atoms with Gasteiger partial charge in [-0.3, -0.25) is 15.1 Å². The number of carbonyl (C=O) groups is 2. The Kier molecular flexibility index (Phi) is 8.06. The maximum absolute atomic E-state index is 12.7. The van der Waals surface area contributed by atoms with Crippen LogP contribution >= 0.6 is 0 Å². The van der Waals surface area contributed by atoms with Crippen LogP contribution in [0, 0.1) is 6.92 Å². The Morgan fingerprint density at radius 2 is 1.86 bits per heavy atom. The number of hydrogen-bond acceptors (Lipinski definition) is 8. The van der Waals surface area contributed by atoms with Gasteiger partial charge in [0.15, 0.2) is 0 Å². The summed E-state index contributed by atoms with van der Waals surface area (Å²) in [7, 11) is 1.70. The number of benzene rings is 1. The van der Waals surface area contributed by atoms with Crippen LogP contribution in [0.4, 0.5) is 16.5 Å². The molecule has 0 aliphatic carbocycles. The molecule has 0 bridgehead atoms. The lowest BCUT2D eigenvalue weighted by atomic mass is 10.1. The molecule has 2 N–H and O–H groups in total. The largest absolute Gasteiger partial charge is 0.444 e. The number of pyridine rings is 1. The van der Waals surface area contributed by atoms with Gasteiger partial charge < -0.3 is 19.4 Å². The van der Waals surface area contributed by atoms with Crippen LogP contribution < -0.4 is 21.2 Å². The van der Waals surface area contributed by atoms with E-state index in [1.165, 1.54) is 0 Å². The summed E-state index contributed by atoms with van der Waals surface area (Å²) in [6, 6.07) is 7.22. The topological polar surface area (TPSA) is 127 Å². The van der Waals surface area contributed by atoms with Crippen molar-refractivity contribution in [3.63, 3.8) is 0 Å². The fourth-order valence-corrected chi connectivity index (χ4v) is 3.37. The third-order valence-electron chi connectivity index (χ3n) is 5.17. The van der Waals surface area contributed by atoms with Gasteiger partial charge in [-0.25, -0.2) is 9.59 Å². The first-order valence-corrected chi connectivity index (χ1v) is 11.3. The minimum absolute atomic E-state index is 0.109. The van der Waals surface area contributed by atoms with Crippen LogP contribution in [0.15, 0.2) is 45.9 Å². The Balaban J connectivity index is 1.62. The van der Waals surface area contributed by atoms with Gasteiger partial charge >= 0.3 is 11.7 Å². The van der Waals surface area contributed by atoms with E-state index in [1.807, 2.05) is 12.1 Å². The molecular formula is C25H31N5O5. The molecule has 0 saturated heterocycles. The van der Waals surface area contributed by atoms with Gasteiger partial charge in [0.1, 0.15) is 5.60 Å². The Labute approximate surface area is 203 Å². The average Bonchev–Trinajstić information content (AvgIpc) is 2.78. The minimum Gasteiger partial charge on any atom is -0.444 e. The molecule has 186 valence electrons. The summed E-state index contributed by atoms with van der Waals surface area (Å²) in [6.45, 7) is 7.84. The van der Waals surface area contributed by atoms with E-state index in [9.17, 15) is 14.4 Å². The van der Waals surface area contributed by atoms with Crippen molar-refractivity contribution in [2.24, 2.45) is 0 Å². The van der Waals surface area contributed by atoms with Crippen LogP contribution in [-0.2, 0) is 16.0 Å². The zero-order valence-corrected chi connectivity index (χ0v) is 20.7. The lowest BCUT2D eigenvalue weighted by molar-refractivity contribution is -0.120. The third-order valence-corrected chi connectivity index (χ3v) is 5.17. The van der Waals surface area contributed by atoms with Gasteiger partial charge in [0, 0.05) is 44.6 Å². The number of hydrogen-bond donors (Lipinski definition) is 2. The van der Waals surface area contributed by atoms with Crippen molar-refractivity contribution in [1.82, 2.24) is 15.3 Å². The van der Waals surface area contributed by atoms with Crippen molar-refractivity contribution in [2.45, 2.75) is 46.1 Å². The fourth-order valence-electron chi connectivity index (χ4n) is 3.37. The van der Waals surface area contributed by atoms with Crippen molar-refractivity contribution in [2.75, 3.05) is 30.4 Å². The number of anilines is 2. The lowest BCUT2D eigenvalue weighted by Crippen LogP contribution is -2.30. The van der Waals surface area contributed by atoms with Crippen molar-refractivity contribution in [3.05, 3.63) is 58.2 Å². The molecule has 0 aliphatic heterocycles. The monoisotopic (exact) mass is 481 g/mol. The van der Waals surface area contributed by atoms with Crippen molar-refractivity contribution >= 4 is 34.6 Å². The Hall–Kier alpha value is -3.95. The van der Waals surface area contributed by atoms with Crippen LogP contribution in [0.2, 0.25) is 0 Å². The predicted octanol–water partition coefficient (Wildman–Crippen LogP) is 3.42. The number of aromatic nitrogens is 2. The lowest BCUT2D eigenvalue weighted by Gasteiger charge is -2.20. The molecule has 0 atom stereocenters. The molecule has 0 unspecified atom stereocenters. The number of rotatable bonds is 8. The van der Waals surface area contributed by atoms with E-state index < -0.39 is 17.3 Å². The number of aryl methyl sites for hydroxylation is 1. The smallest absolute Gasteiger partial charge is 0.412 e. The van der Waals surface area contributed by atoms with Crippen LogP contribution in [0.1, 0.15) is 38.3 Å². The number of nitrogens with one attached hydrogen (secondary N) is 2. The zero-order chi connectivity index (χ0) is 25.6. The quantitative estimate of drug-likeness (QED) is 0.501. The standard InChI is InChI=1S/C25H31N5O5/c1-16-18(29-24(33)35-25(2,3)4)6-7-19-21(16)22(32)34-23(28-19)30(5)15-11-20(31)27-14-10-17-8-12-26-13-9-17/h6-9,12-13H,10-11,14-15H2,1-5H3,(H,27,31)(H,29,33). The maximum atomic E-state index is 12.7. The first-order valence-electron chi connectivity index (χ1n) is 11.3. The number of nitrogens with zero attached hydrogens (tertiary/aromatic N) is 3. The summed E-state index contributed by atoms with van der Waals surface area (Å²) < 4.78 is 10.7. The highest BCUT2D eigenvalue weighted by Crippen LogP contribution is 2.24. The zero-order valence-electron chi connectivity index (χ0n) is 20.7. The number of ether oxygens (including phenoxy) is 1. The highest BCUT2D eigenvalue weighted by molar-refractivity contribution is 5.93. The van der Waals surface area contributed by atoms with E-state index in [1.54, 1.807) is 64.2 Å². The molecule has 3 aromatic rings. The molecular weight excluding hydrogens is 450 g/mol. The van der Waals surface area contributed by atoms with Gasteiger partial charge in [0.25, 0.3) is 6.01 Å². The molecule has 35 heavy (non-hydrogen) atoms. The number of fused-ring (bicyclic) bond motifs is 1. The Morgan fingerprint density at radius 1 is 1.14 bits per heavy atom. The molecule has 1 aromatic carbocycles. The molecule has 2 aromatic heterocycles. The summed E-state index contributed by atoms with van der Waals surface area (Å²) in [4.78, 5) is 47.1. The molecule has 2 heterocycles. The number of carbonyl (C=O) groups excluding carboxylic acids is 2. The van der Waals surface area contributed by atoms with E-state index >= 15 is 0 Å². The Morgan fingerprint density at radius 3 is 2.54 bits per heavy atom. The summed E-state index contributed by atoms with van der Waals surface area (Å²) in [6.07, 6.45) is 3.75. The van der Waals surface area contributed by atoms with E-state index in [4.69, 9.17) is 9.15 Å². The van der Waals surface area contributed by atoms with Gasteiger partial charge in [0.05, 0.1) is 10.9 Å². The number of amides is 2. The van der Waals surface area contributed by atoms with E-state index in [-0.39, 0.29) is 23.7 Å². The first-order chi connectivity index (χ1) is 16.5. The van der Waals surface area contributed by atoms with Crippen LogP contribution in [0.5, 0.6) is 0 Å². The second-order valence-electron chi connectivity index (χ2n) is 9.17. The van der Waals surface area contributed by atoms with Gasteiger partial charge in [-0.1, -0.05) is 0 Å². The molecule has 0 fully saturated rings. The molecule has 10 nitrogen and oxygen atoms in total. The van der Waals surface area contributed by atoms with Gasteiger partial charge in [-0.15, -0.1) is 0 Å². The van der Waals surface area contributed by atoms with E-state index in [2.05, 4.69) is 20.6 Å². The summed E-state index contributed by atoms with van der Waals surface area (Å²) in [5, 5.41) is 5.80. The van der Waals surface area contributed by atoms with Crippen molar-refractivity contribution in [1.29, 1.82) is 0 Å². The molecule has 3 rings (SSSR count). The molecule has 0 radical (unpaired) electrons. The highest BCUT2D eigenvalue weighted by Gasteiger charge is 2.19. The second kappa shape index (κ2) is 11.0. The normalized spacial score (nSPS) is 11.2. The van der Waals surface area contributed by atoms with E-state index in [0.29, 0.717) is 29.9 Å². The average molecular weight is 482 g/mol. The summed E-state index contributed by atoms with van der Waals surface area (Å²) in [5.41, 5.74) is 1.26. The van der Waals surface area contributed by atoms with Gasteiger partial charge in [-0.05, 0) is 69.5 Å². The van der Waals surface area contributed by atoms with E-state index in [0.717, 1.165) is 12.0 Å². The van der Waals surface area contributed by atoms with Gasteiger partial charge in [-0.2, -0.15) is 4.98 Å². The van der Waals surface area contributed by atoms with Crippen LogP contribution in [0.3, 0.4) is 0 Å². The minimum atomic E-state index is -0.647. The fraction of sp³-hybridized carbons (Fsp3) is 0.400. The first kappa shape index (κ1) is 25.7. The SMILES string of the molecule is Cc1c(NC(=O)OC(C)(C)C)ccc2nc(N(C)CCC(=O)NCCc3ccncc3)oc(=O)c12. The highest BCUT2D eigenvalue weighted by atomic mass is 16.6. The molecule has 0 aliphatic rings. The molecule has 10 heteroatoms. The third kappa shape index (κ3) is 7.26. The maximum Gasteiger partial charge on any atom is 0.412 e. The molecule has 0 spiro atoms. The molecule has 2 amide bonds. The summed E-state index contributed by atoms with van der Waals surface area (Å²) >= 11 is 0. The summed E-state index contributed by atoms with van der Waals surface area (Å²) in [5.74, 6) is -0.109. The van der Waals surface area contributed by atoms with Crippen molar-refractivity contribution < 1.29 is 18.7 Å². The predicted molar refractivity (Wildman–Crippen MR) is 134 cm³/mol. The van der Waals surface area contributed by atoms with Crippen LogP contribution in [-0.4, -0.2) is 47.7 Å². The van der Waals surface area contributed by atoms with Gasteiger partial charge in [0.2, 0.25) is 5.91 Å².